The number of nitrogens with one attached hydrogen (secondary N) is 1. The fourth-order valence-corrected chi connectivity index (χ4v) is 2.44. The molecule has 20 heavy (non-hydrogen) atoms. The summed E-state index contributed by atoms with van der Waals surface area (Å²) in [4.78, 5) is 10.5. The van der Waals surface area contributed by atoms with Crippen LogP contribution in [0, 0.1) is 17.0 Å². The van der Waals surface area contributed by atoms with E-state index < -0.39 is 4.92 Å². The van der Waals surface area contributed by atoms with E-state index in [4.69, 9.17) is 11.6 Å². The summed E-state index contributed by atoms with van der Waals surface area (Å²) >= 11 is 9.07. The standard InChI is InChI=1S/C14H12BrClN2O2/c1-9-6-11(16)3-2-10(9)8-17-12-4-5-13(15)14(7-12)18(19)20/h2-7,17H,8H2,1H3. The lowest BCUT2D eigenvalue weighted by atomic mass is 10.1. The molecule has 0 atom stereocenters. The first-order chi connectivity index (χ1) is 9.47. The molecule has 0 radical (unpaired) electrons. The van der Waals surface area contributed by atoms with E-state index in [-0.39, 0.29) is 5.69 Å². The molecule has 0 aromatic heterocycles. The van der Waals surface area contributed by atoms with Gasteiger partial charge in [0.15, 0.2) is 0 Å². The van der Waals surface area contributed by atoms with Crippen LogP contribution in [0.4, 0.5) is 11.4 Å². The highest BCUT2D eigenvalue weighted by Gasteiger charge is 2.12. The first-order valence-corrected chi connectivity index (χ1v) is 7.07. The molecule has 6 heteroatoms. The summed E-state index contributed by atoms with van der Waals surface area (Å²) in [5, 5.41) is 14.7. The van der Waals surface area contributed by atoms with Gasteiger partial charge in [-0.3, -0.25) is 10.1 Å². The molecule has 0 saturated heterocycles. The molecule has 0 aliphatic carbocycles. The van der Waals surface area contributed by atoms with Crippen molar-refractivity contribution in [3.63, 3.8) is 0 Å². The van der Waals surface area contributed by atoms with Gasteiger partial charge in [0.05, 0.1) is 9.40 Å². The quantitative estimate of drug-likeness (QED) is 0.625. The molecule has 1 N–H and O–H groups in total. The summed E-state index contributed by atoms with van der Waals surface area (Å²) in [6.45, 7) is 2.56. The minimum absolute atomic E-state index is 0.0443. The molecule has 0 unspecified atom stereocenters. The minimum atomic E-state index is -0.414. The van der Waals surface area contributed by atoms with Crippen LogP contribution in [0.2, 0.25) is 5.02 Å². The zero-order chi connectivity index (χ0) is 14.7. The molecule has 2 aromatic rings. The molecule has 2 aromatic carbocycles. The number of rotatable bonds is 4. The van der Waals surface area contributed by atoms with Gasteiger partial charge in [-0.2, -0.15) is 0 Å². The molecule has 0 spiro atoms. The van der Waals surface area contributed by atoms with E-state index in [2.05, 4.69) is 21.2 Å². The SMILES string of the molecule is Cc1cc(Cl)ccc1CNc1ccc(Br)c([N+](=O)[O-])c1. The molecule has 0 heterocycles. The largest absolute Gasteiger partial charge is 0.381 e. The fraction of sp³-hybridized carbons (Fsp3) is 0.143. The smallest absolute Gasteiger partial charge is 0.285 e. The minimum Gasteiger partial charge on any atom is -0.381 e. The van der Waals surface area contributed by atoms with Crippen molar-refractivity contribution in [3.8, 4) is 0 Å². The highest BCUT2D eigenvalue weighted by Crippen LogP contribution is 2.28. The van der Waals surface area contributed by atoms with Crippen LogP contribution in [0.3, 0.4) is 0 Å². The fourth-order valence-electron chi connectivity index (χ4n) is 1.82. The lowest BCUT2D eigenvalue weighted by molar-refractivity contribution is -0.385. The Kier molecular flexibility index (Phi) is 4.62. The Labute approximate surface area is 130 Å². The van der Waals surface area contributed by atoms with Gasteiger partial charge in [-0.05, 0) is 58.2 Å². The first-order valence-electron chi connectivity index (χ1n) is 5.90. The van der Waals surface area contributed by atoms with E-state index in [0.29, 0.717) is 21.7 Å². The molecular formula is C14H12BrClN2O2. The van der Waals surface area contributed by atoms with Crippen molar-refractivity contribution in [1.82, 2.24) is 0 Å². The molecule has 4 nitrogen and oxygen atoms in total. The van der Waals surface area contributed by atoms with Crippen molar-refractivity contribution in [1.29, 1.82) is 0 Å². The van der Waals surface area contributed by atoms with Crippen molar-refractivity contribution < 1.29 is 4.92 Å². The lowest BCUT2D eigenvalue weighted by Crippen LogP contribution is -2.02. The number of aryl methyl sites for hydroxylation is 1. The summed E-state index contributed by atoms with van der Waals surface area (Å²) in [6.07, 6.45) is 0. The zero-order valence-electron chi connectivity index (χ0n) is 10.7. The summed E-state index contributed by atoms with van der Waals surface area (Å²) in [5.41, 5.74) is 2.92. The zero-order valence-corrected chi connectivity index (χ0v) is 13.0. The third kappa shape index (κ3) is 3.49. The number of hydrogen-bond acceptors (Lipinski definition) is 3. The lowest BCUT2D eigenvalue weighted by Gasteiger charge is -2.09. The van der Waals surface area contributed by atoms with Gasteiger partial charge in [-0.1, -0.05) is 17.7 Å². The molecule has 0 fully saturated rings. The van der Waals surface area contributed by atoms with Gasteiger partial charge in [-0.25, -0.2) is 0 Å². The molecule has 0 bridgehead atoms. The Morgan fingerprint density at radius 1 is 1.30 bits per heavy atom. The monoisotopic (exact) mass is 354 g/mol. The maximum atomic E-state index is 10.9. The van der Waals surface area contributed by atoms with Crippen molar-refractivity contribution >= 4 is 38.9 Å². The molecular weight excluding hydrogens is 344 g/mol. The maximum absolute atomic E-state index is 10.9. The molecule has 0 amide bonds. The number of halogens is 2. The highest BCUT2D eigenvalue weighted by atomic mass is 79.9. The second-order valence-electron chi connectivity index (χ2n) is 4.35. The molecule has 0 aliphatic heterocycles. The van der Waals surface area contributed by atoms with Crippen LogP contribution < -0.4 is 5.32 Å². The summed E-state index contributed by atoms with van der Waals surface area (Å²) < 4.78 is 0.468. The summed E-state index contributed by atoms with van der Waals surface area (Å²) in [5.74, 6) is 0. The Morgan fingerprint density at radius 2 is 2.05 bits per heavy atom. The topological polar surface area (TPSA) is 55.2 Å². The van der Waals surface area contributed by atoms with Crippen LogP contribution >= 0.6 is 27.5 Å². The Bertz CT molecular complexity index is 662. The van der Waals surface area contributed by atoms with E-state index in [1.165, 1.54) is 6.07 Å². The Balaban J connectivity index is 2.15. The number of nitro benzene ring substituents is 1. The molecule has 0 aliphatic rings. The van der Waals surface area contributed by atoms with Gasteiger partial charge in [0.1, 0.15) is 0 Å². The first kappa shape index (κ1) is 14.8. The van der Waals surface area contributed by atoms with Gasteiger partial charge in [0, 0.05) is 23.3 Å². The average Bonchev–Trinajstić information content (AvgIpc) is 2.39. The van der Waals surface area contributed by atoms with Gasteiger partial charge in [-0.15, -0.1) is 0 Å². The van der Waals surface area contributed by atoms with Crippen LogP contribution in [0.15, 0.2) is 40.9 Å². The van der Waals surface area contributed by atoms with Crippen molar-refractivity contribution in [2.75, 3.05) is 5.32 Å². The second kappa shape index (κ2) is 6.24. The average molecular weight is 356 g/mol. The van der Waals surface area contributed by atoms with E-state index in [1.807, 2.05) is 25.1 Å². The maximum Gasteiger partial charge on any atom is 0.285 e. The van der Waals surface area contributed by atoms with Crippen molar-refractivity contribution in [2.45, 2.75) is 13.5 Å². The summed E-state index contributed by atoms with van der Waals surface area (Å²) in [7, 11) is 0. The van der Waals surface area contributed by atoms with E-state index >= 15 is 0 Å². The molecule has 2 rings (SSSR count). The second-order valence-corrected chi connectivity index (χ2v) is 5.64. The number of nitrogens with zero attached hydrogens (tertiary/aromatic N) is 1. The van der Waals surface area contributed by atoms with Crippen molar-refractivity contribution in [3.05, 3.63) is 67.1 Å². The molecule has 104 valence electrons. The van der Waals surface area contributed by atoms with Crippen LogP contribution in [0.1, 0.15) is 11.1 Å². The normalized spacial score (nSPS) is 10.3. The van der Waals surface area contributed by atoms with Crippen LogP contribution in [-0.4, -0.2) is 4.92 Å². The number of nitro groups is 1. The summed E-state index contributed by atoms with van der Waals surface area (Å²) in [6, 6.07) is 10.6. The highest BCUT2D eigenvalue weighted by molar-refractivity contribution is 9.10. The molecule has 0 saturated carbocycles. The van der Waals surface area contributed by atoms with Crippen LogP contribution in [0.5, 0.6) is 0 Å². The number of hydrogen-bond donors (Lipinski definition) is 1. The van der Waals surface area contributed by atoms with E-state index in [0.717, 1.165) is 11.1 Å². The van der Waals surface area contributed by atoms with E-state index in [1.54, 1.807) is 12.1 Å². The Morgan fingerprint density at radius 3 is 2.70 bits per heavy atom. The predicted molar refractivity (Wildman–Crippen MR) is 84.3 cm³/mol. The van der Waals surface area contributed by atoms with Gasteiger partial charge < -0.3 is 5.32 Å². The van der Waals surface area contributed by atoms with E-state index in [9.17, 15) is 10.1 Å². The van der Waals surface area contributed by atoms with Gasteiger partial charge >= 0.3 is 0 Å². The third-order valence-electron chi connectivity index (χ3n) is 2.93. The Hall–Kier alpha value is -1.59. The number of anilines is 1. The third-order valence-corrected chi connectivity index (χ3v) is 3.84. The van der Waals surface area contributed by atoms with Crippen LogP contribution in [-0.2, 0) is 6.54 Å². The van der Waals surface area contributed by atoms with Crippen molar-refractivity contribution in [2.24, 2.45) is 0 Å². The predicted octanol–water partition coefficient (Wildman–Crippen LogP) is 4.93. The van der Waals surface area contributed by atoms with Crippen LogP contribution in [0.25, 0.3) is 0 Å². The number of benzene rings is 2. The van der Waals surface area contributed by atoms with Gasteiger partial charge in [0.25, 0.3) is 5.69 Å². The van der Waals surface area contributed by atoms with Gasteiger partial charge in [0.2, 0.25) is 0 Å².